The molecule has 0 aliphatic rings. The van der Waals surface area contributed by atoms with Crippen LogP contribution in [0.2, 0.25) is 0 Å². The summed E-state index contributed by atoms with van der Waals surface area (Å²) in [7, 11) is 0. The Morgan fingerprint density at radius 3 is 2.43 bits per heavy atom. The van der Waals surface area contributed by atoms with Gasteiger partial charge in [0.25, 0.3) is 11.9 Å². The molecule has 1 heterocycles. The van der Waals surface area contributed by atoms with E-state index in [1.54, 1.807) is 0 Å². The van der Waals surface area contributed by atoms with Crippen LogP contribution in [0.15, 0.2) is 22.8 Å². The lowest BCUT2D eigenvalue weighted by atomic mass is 10.2. The lowest BCUT2D eigenvalue weighted by Gasteiger charge is -2.12. The van der Waals surface area contributed by atoms with Gasteiger partial charge in [-0.25, -0.2) is 4.39 Å². The molecular weight excluding hydrogens is 270 g/mol. The van der Waals surface area contributed by atoms with Crippen molar-refractivity contribution in [2.24, 2.45) is 0 Å². The largest absolute Gasteiger partial charge is 0.618 e. The summed E-state index contributed by atoms with van der Waals surface area (Å²) >= 11 is 2.68. The fourth-order valence-corrected chi connectivity index (χ4v) is 1.39. The first-order valence-corrected chi connectivity index (χ1v) is 4.21. The first-order valence-electron chi connectivity index (χ1n) is 3.42. The average molecular weight is 274 g/mol. The second-order valence-corrected chi connectivity index (χ2v) is 3.33. The molecule has 0 amide bonds. The fraction of sp³-hybridized carbons (Fsp3) is 0.286. The summed E-state index contributed by atoms with van der Waals surface area (Å²) in [5, 5.41) is 10.9. The number of hydrogen-bond acceptors (Lipinski definition) is 1. The van der Waals surface area contributed by atoms with Crippen molar-refractivity contribution in [1.29, 1.82) is 0 Å². The normalized spacial score (nSPS) is 14.1. The summed E-state index contributed by atoms with van der Waals surface area (Å²) in [6.07, 6.45) is -7.55. The third kappa shape index (κ3) is 2.14. The summed E-state index contributed by atoms with van der Waals surface area (Å²) in [4.78, 5) is 0. The minimum atomic E-state index is -5.07. The van der Waals surface area contributed by atoms with E-state index in [-0.39, 0.29) is 9.20 Å². The Labute approximate surface area is 84.9 Å². The van der Waals surface area contributed by atoms with Crippen LogP contribution in [0.5, 0.6) is 0 Å². The van der Waals surface area contributed by atoms with E-state index in [0.29, 0.717) is 0 Å². The molecule has 0 fully saturated rings. The number of alkyl halides is 4. The number of halogens is 5. The van der Waals surface area contributed by atoms with Crippen molar-refractivity contribution in [3.8, 4) is 0 Å². The van der Waals surface area contributed by atoms with E-state index in [0.717, 1.165) is 6.20 Å². The Balaban J connectivity index is 3.19. The standard InChI is InChI=1S/C7H4BrF4NO/c8-4-2-1-3-13(14)5(4)6(9)7(10,11)12/h1-3,6H. The van der Waals surface area contributed by atoms with Crippen molar-refractivity contribution >= 4 is 15.9 Å². The SMILES string of the molecule is [O-][n+]1cccc(Br)c1C(F)C(F)(F)F. The van der Waals surface area contributed by atoms with Crippen molar-refractivity contribution in [1.82, 2.24) is 0 Å². The van der Waals surface area contributed by atoms with Crippen LogP contribution in [0, 0.1) is 5.21 Å². The van der Waals surface area contributed by atoms with Crippen molar-refractivity contribution in [3.05, 3.63) is 33.7 Å². The second-order valence-electron chi connectivity index (χ2n) is 2.47. The van der Waals surface area contributed by atoms with Crippen LogP contribution in [0.4, 0.5) is 17.6 Å². The van der Waals surface area contributed by atoms with E-state index >= 15 is 0 Å². The highest BCUT2D eigenvalue weighted by Gasteiger charge is 2.47. The number of nitrogens with zero attached hydrogens (tertiary/aromatic N) is 1. The minimum absolute atomic E-state index is 0.151. The maximum absolute atomic E-state index is 12.8. The van der Waals surface area contributed by atoms with E-state index in [9.17, 15) is 22.8 Å². The van der Waals surface area contributed by atoms with Crippen molar-refractivity contribution in [2.75, 3.05) is 0 Å². The number of rotatable bonds is 1. The summed E-state index contributed by atoms with van der Waals surface area (Å²) in [5.41, 5.74) is -0.986. The molecule has 7 heteroatoms. The van der Waals surface area contributed by atoms with E-state index in [2.05, 4.69) is 15.9 Å². The Bertz CT molecular complexity index is 321. The smallest absolute Gasteiger partial charge is 0.430 e. The molecule has 1 rings (SSSR count). The van der Waals surface area contributed by atoms with Gasteiger partial charge in [-0.2, -0.15) is 17.9 Å². The molecule has 78 valence electrons. The third-order valence-corrected chi connectivity index (χ3v) is 2.14. The number of hydrogen-bond donors (Lipinski definition) is 0. The molecule has 1 aromatic rings. The van der Waals surface area contributed by atoms with Crippen LogP contribution in [0.3, 0.4) is 0 Å². The van der Waals surface area contributed by atoms with Crippen molar-refractivity contribution in [2.45, 2.75) is 12.3 Å². The third-order valence-electron chi connectivity index (χ3n) is 1.47. The molecule has 0 aliphatic carbocycles. The van der Waals surface area contributed by atoms with Gasteiger partial charge in [0.05, 0.1) is 4.47 Å². The van der Waals surface area contributed by atoms with Gasteiger partial charge < -0.3 is 5.21 Å². The van der Waals surface area contributed by atoms with E-state index < -0.39 is 18.0 Å². The molecular formula is C7H4BrF4NO. The molecule has 0 bridgehead atoms. The van der Waals surface area contributed by atoms with Gasteiger partial charge in [0.1, 0.15) is 0 Å². The van der Waals surface area contributed by atoms with Crippen molar-refractivity contribution < 1.29 is 22.3 Å². The fourth-order valence-electron chi connectivity index (χ4n) is 0.864. The number of pyridine rings is 1. The first-order chi connectivity index (χ1) is 6.34. The first kappa shape index (κ1) is 11.2. The zero-order valence-electron chi connectivity index (χ0n) is 6.55. The highest BCUT2D eigenvalue weighted by Crippen LogP contribution is 2.36. The van der Waals surface area contributed by atoms with E-state index in [1.165, 1.54) is 12.1 Å². The van der Waals surface area contributed by atoms with E-state index in [1.807, 2.05) is 0 Å². The van der Waals surface area contributed by atoms with Gasteiger partial charge >= 0.3 is 6.18 Å². The van der Waals surface area contributed by atoms with Gasteiger partial charge in [0.15, 0.2) is 6.20 Å². The monoisotopic (exact) mass is 273 g/mol. The van der Waals surface area contributed by atoms with Crippen LogP contribution >= 0.6 is 15.9 Å². The van der Waals surface area contributed by atoms with Gasteiger partial charge in [-0.15, -0.1) is 0 Å². The summed E-state index contributed by atoms with van der Waals surface area (Å²) in [5.74, 6) is 0. The van der Waals surface area contributed by atoms with Crippen LogP contribution in [-0.2, 0) is 0 Å². The zero-order chi connectivity index (χ0) is 10.9. The molecule has 1 atom stereocenters. The lowest BCUT2D eigenvalue weighted by Crippen LogP contribution is -2.36. The molecule has 0 saturated heterocycles. The average Bonchev–Trinajstić information content (AvgIpc) is 2.01. The summed E-state index contributed by atoms with van der Waals surface area (Å²) < 4.78 is 48.3. The van der Waals surface area contributed by atoms with Gasteiger partial charge in [-0.1, -0.05) is 0 Å². The van der Waals surface area contributed by atoms with Gasteiger partial charge in [-0.05, 0) is 22.0 Å². The second kappa shape index (κ2) is 3.72. The van der Waals surface area contributed by atoms with Gasteiger partial charge in [-0.3, -0.25) is 0 Å². The molecule has 14 heavy (non-hydrogen) atoms. The zero-order valence-corrected chi connectivity index (χ0v) is 8.14. The highest BCUT2D eigenvalue weighted by molar-refractivity contribution is 9.10. The predicted molar refractivity (Wildman–Crippen MR) is 43.0 cm³/mol. The Morgan fingerprint density at radius 2 is 2.00 bits per heavy atom. The van der Waals surface area contributed by atoms with Gasteiger partial charge in [0, 0.05) is 6.07 Å². The molecule has 1 unspecified atom stereocenters. The topological polar surface area (TPSA) is 26.9 Å². The number of aromatic nitrogens is 1. The molecule has 2 nitrogen and oxygen atoms in total. The Morgan fingerprint density at radius 1 is 1.43 bits per heavy atom. The molecule has 0 aromatic carbocycles. The van der Waals surface area contributed by atoms with E-state index in [4.69, 9.17) is 0 Å². The highest BCUT2D eigenvalue weighted by atomic mass is 79.9. The maximum atomic E-state index is 12.8. The summed E-state index contributed by atoms with van der Waals surface area (Å²) in [6, 6.07) is 2.38. The van der Waals surface area contributed by atoms with Crippen LogP contribution < -0.4 is 4.73 Å². The Kier molecular flexibility index (Phi) is 2.98. The minimum Gasteiger partial charge on any atom is -0.618 e. The van der Waals surface area contributed by atoms with Crippen LogP contribution in [-0.4, -0.2) is 6.18 Å². The van der Waals surface area contributed by atoms with Crippen molar-refractivity contribution in [3.63, 3.8) is 0 Å². The van der Waals surface area contributed by atoms with Crippen LogP contribution in [0.25, 0.3) is 0 Å². The predicted octanol–water partition coefficient (Wildman–Crippen LogP) is 2.66. The van der Waals surface area contributed by atoms with Gasteiger partial charge in [0.2, 0.25) is 0 Å². The molecule has 0 N–H and O–H groups in total. The molecule has 0 radical (unpaired) electrons. The molecule has 0 saturated carbocycles. The Hall–Kier alpha value is -0.850. The van der Waals surface area contributed by atoms with Crippen LogP contribution in [0.1, 0.15) is 11.9 Å². The quantitative estimate of drug-likeness (QED) is 0.439. The molecule has 1 aromatic heterocycles. The lowest BCUT2D eigenvalue weighted by molar-refractivity contribution is -0.620. The molecule has 0 aliphatic heterocycles. The summed E-state index contributed by atoms with van der Waals surface area (Å²) in [6.45, 7) is 0. The maximum Gasteiger partial charge on any atom is 0.430 e. The molecule has 0 spiro atoms.